The van der Waals surface area contributed by atoms with Crippen LogP contribution in [0, 0.1) is 0 Å². The highest BCUT2D eigenvalue weighted by Crippen LogP contribution is 2.00. The van der Waals surface area contributed by atoms with Crippen LogP contribution in [0.25, 0.3) is 0 Å². The third-order valence-corrected chi connectivity index (χ3v) is 2.63. The van der Waals surface area contributed by atoms with Crippen LogP contribution in [0.2, 0.25) is 0 Å². The van der Waals surface area contributed by atoms with Crippen molar-refractivity contribution < 1.29 is 24.2 Å². The number of urea groups is 1. The van der Waals surface area contributed by atoms with Crippen molar-refractivity contribution in [1.82, 2.24) is 10.6 Å². The monoisotopic (exact) mass is 293 g/mol. The van der Waals surface area contributed by atoms with E-state index < -0.39 is 23.9 Å². The largest absolute Gasteiger partial charge is 0.480 e. The smallest absolute Gasteiger partial charge is 0.326 e. The number of thioether (sulfide) groups is 1. The molecule has 9 heteroatoms. The summed E-state index contributed by atoms with van der Waals surface area (Å²) < 4.78 is 4.83. The lowest BCUT2D eigenvalue weighted by atomic mass is 10.2. The molecule has 0 heterocycles. The first-order valence-electron chi connectivity index (χ1n) is 5.59. The van der Waals surface area contributed by atoms with E-state index in [4.69, 9.17) is 15.6 Å². The fourth-order valence-electron chi connectivity index (χ4n) is 1.11. The van der Waals surface area contributed by atoms with Crippen LogP contribution in [-0.4, -0.2) is 60.8 Å². The topological polar surface area (TPSA) is 131 Å². The molecular weight excluding hydrogens is 274 g/mol. The third-order valence-electron chi connectivity index (χ3n) is 1.99. The fraction of sp³-hybridized carbons (Fsp3) is 0.700. The SMILES string of the molecule is CSCC[C@H](NC(=O)NCCOCC(N)=O)C(=O)O. The first-order valence-corrected chi connectivity index (χ1v) is 6.99. The number of nitrogens with one attached hydrogen (secondary N) is 2. The van der Waals surface area contributed by atoms with Crippen molar-refractivity contribution in [3.8, 4) is 0 Å². The maximum absolute atomic E-state index is 11.4. The summed E-state index contributed by atoms with van der Waals surface area (Å²) in [6, 6.07) is -1.50. The summed E-state index contributed by atoms with van der Waals surface area (Å²) in [6.45, 7) is 0.0711. The molecule has 0 aliphatic rings. The van der Waals surface area contributed by atoms with Gasteiger partial charge in [0, 0.05) is 6.54 Å². The van der Waals surface area contributed by atoms with E-state index in [9.17, 15) is 14.4 Å². The normalized spacial score (nSPS) is 11.6. The van der Waals surface area contributed by atoms with Gasteiger partial charge in [-0.2, -0.15) is 11.8 Å². The average Bonchev–Trinajstić information content (AvgIpc) is 2.33. The van der Waals surface area contributed by atoms with Crippen molar-refractivity contribution in [2.75, 3.05) is 31.8 Å². The molecule has 0 unspecified atom stereocenters. The molecule has 0 spiro atoms. The highest BCUT2D eigenvalue weighted by Gasteiger charge is 2.18. The molecule has 0 bridgehead atoms. The van der Waals surface area contributed by atoms with Gasteiger partial charge in [-0.3, -0.25) is 4.79 Å². The second kappa shape index (κ2) is 10.4. The molecule has 8 nitrogen and oxygen atoms in total. The second-order valence-corrected chi connectivity index (χ2v) is 4.58. The van der Waals surface area contributed by atoms with E-state index in [-0.39, 0.29) is 19.8 Å². The number of carboxylic acid groups (broad SMARTS) is 1. The molecule has 5 N–H and O–H groups in total. The lowest BCUT2D eigenvalue weighted by Crippen LogP contribution is -2.47. The number of aliphatic carboxylic acids is 1. The van der Waals surface area contributed by atoms with E-state index in [1.54, 1.807) is 0 Å². The van der Waals surface area contributed by atoms with Crippen molar-refractivity contribution in [2.24, 2.45) is 5.73 Å². The van der Waals surface area contributed by atoms with Crippen LogP contribution < -0.4 is 16.4 Å². The van der Waals surface area contributed by atoms with Crippen LogP contribution in [0.5, 0.6) is 0 Å². The molecule has 0 fully saturated rings. The Hall–Kier alpha value is -1.48. The minimum Gasteiger partial charge on any atom is -0.480 e. The highest BCUT2D eigenvalue weighted by molar-refractivity contribution is 7.98. The van der Waals surface area contributed by atoms with Gasteiger partial charge in [0.15, 0.2) is 0 Å². The molecule has 3 amide bonds. The highest BCUT2D eigenvalue weighted by atomic mass is 32.2. The Morgan fingerprint density at radius 2 is 2.11 bits per heavy atom. The zero-order valence-electron chi connectivity index (χ0n) is 10.7. The van der Waals surface area contributed by atoms with Gasteiger partial charge in [-0.1, -0.05) is 0 Å². The molecule has 0 aliphatic carbocycles. The van der Waals surface area contributed by atoms with E-state index >= 15 is 0 Å². The van der Waals surface area contributed by atoms with Gasteiger partial charge in [-0.05, 0) is 18.4 Å². The summed E-state index contributed by atoms with van der Waals surface area (Å²) in [5.41, 5.74) is 4.85. The maximum Gasteiger partial charge on any atom is 0.326 e. The van der Waals surface area contributed by atoms with Crippen LogP contribution in [0.3, 0.4) is 0 Å². The number of carboxylic acids is 1. The Balaban J connectivity index is 3.80. The van der Waals surface area contributed by atoms with Gasteiger partial charge in [0.2, 0.25) is 5.91 Å². The number of hydrogen-bond acceptors (Lipinski definition) is 5. The molecule has 0 aromatic heterocycles. The number of ether oxygens (including phenoxy) is 1. The lowest BCUT2D eigenvalue weighted by Gasteiger charge is -2.14. The van der Waals surface area contributed by atoms with E-state index in [1.165, 1.54) is 11.8 Å². The number of nitrogens with two attached hydrogens (primary N) is 1. The summed E-state index contributed by atoms with van der Waals surface area (Å²) in [5.74, 6) is -1.03. The molecule has 0 saturated carbocycles. The predicted molar refractivity (Wildman–Crippen MR) is 71.0 cm³/mol. The van der Waals surface area contributed by atoms with Gasteiger partial charge in [-0.25, -0.2) is 9.59 Å². The Bertz CT molecular complexity index is 314. The van der Waals surface area contributed by atoms with E-state index in [2.05, 4.69) is 10.6 Å². The molecule has 0 rings (SSSR count). The van der Waals surface area contributed by atoms with Crippen molar-refractivity contribution in [2.45, 2.75) is 12.5 Å². The van der Waals surface area contributed by atoms with E-state index in [0.717, 1.165) is 0 Å². The van der Waals surface area contributed by atoms with Crippen LogP contribution >= 0.6 is 11.8 Å². The van der Waals surface area contributed by atoms with Crippen LogP contribution in [0.15, 0.2) is 0 Å². The first kappa shape index (κ1) is 17.5. The maximum atomic E-state index is 11.4. The standard InChI is InChI=1S/C10H19N3O5S/c1-19-5-2-7(9(15)16)13-10(17)12-3-4-18-6-8(11)14/h7H,2-6H2,1H3,(H2,11,14)(H,15,16)(H2,12,13,17)/t7-/m0/s1. The lowest BCUT2D eigenvalue weighted by molar-refractivity contribution is -0.139. The van der Waals surface area contributed by atoms with Crippen LogP contribution in [-0.2, 0) is 14.3 Å². The van der Waals surface area contributed by atoms with E-state index in [0.29, 0.717) is 12.2 Å². The molecule has 0 radical (unpaired) electrons. The van der Waals surface area contributed by atoms with E-state index in [1.807, 2.05) is 6.26 Å². The number of hydrogen-bond donors (Lipinski definition) is 4. The Morgan fingerprint density at radius 1 is 1.42 bits per heavy atom. The number of carbonyl (C=O) groups excluding carboxylic acids is 2. The summed E-state index contributed by atoms with van der Waals surface area (Å²) in [4.78, 5) is 32.6. The fourth-order valence-corrected chi connectivity index (χ4v) is 1.58. The van der Waals surface area contributed by atoms with Crippen LogP contribution in [0.1, 0.15) is 6.42 Å². The number of primary amides is 1. The molecule has 0 aliphatic heterocycles. The zero-order chi connectivity index (χ0) is 14.7. The first-order chi connectivity index (χ1) is 8.97. The number of rotatable bonds is 10. The second-order valence-electron chi connectivity index (χ2n) is 3.59. The quantitative estimate of drug-likeness (QED) is 0.382. The number of amides is 3. The summed E-state index contributed by atoms with van der Waals surface area (Å²) in [5, 5.41) is 13.7. The number of carbonyl (C=O) groups is 3. The molecule has 0 saturated heterocycles. The summed E-state index contributed by atoms with van der Waals surface area (Å²) in [7, 11) is 0. The minimum atomic E-state index is -1.07. The molecular formula is C10H19N3O5S. The Labute approximate surface area is 115 Å². The predicted octanol–water partition coefficient (Wildman–Crippen LogP) is -1.01. The van der Waals surface area contributed by atoms with Gasteiger partial charge in [0.1, 0.15) is 12.6 Å². The Morgan fingerprint density at radius 3 is 2.63 bits per heavy atom. The van der Waals surface area contributed by atoms with Gasteiger partial charge in [0.25, 0.3) is 0 Å². The van der Waals surface area contributed by atoms with Gasteiger partial charge >= 0.3 is 12.0 Å². The zero-order valence-corrected chi connectivity index (χ0v) is 11.5. The minimum absolute atomic E-state index is 0.124. The molecule has 110 valence electrons. The van der Waals surface area contributed by atoms with Crippen LogP contribution in [0.4, 0.5) is 4.79 Å². The van der Waals surface area contributed by atoms with Gasteiger partial charge in [-0.15, -0.1) is 0 Å². The third kappa shape index (κ3) is 10.2. The van der Waals surface area contributed by atoms with Crippen molar-refractivity contribution >= 4 is 29.7 Å². The Kier molecular flexibility index (Phi) is 9.63. The molecule has 0 aromatic carbocycles. The van der Waals surface area contributed by atoms with Gasteiger partial charge < -0.3 is 26.2 Å². The summed E-state index contributed by atoms with van der Waals surface area (Å²) in [6.07, 6.45) is 2.21. The average molecular weight is 293 g/mol. The van der Waals surface area contributed by atoms with Gasteiger partial charge in [0.05, 0.1) is 6.61 Å². The molecule has 0 aromatic rings. The van der Waals surface area contributed by atoms with Crippen molar-refractivity contribution in [3.63, 3.8) is 0 Å². The van der Waals surface area contributed by atoms with Crippen molar-refractivity contribution in [3.05, 3.63) is 0 Å². The molecule has 19 heavy (non-hydrogen) atoms. The van der Waals surface area contributed by atoms with Crippen molar-refractivity contribution in [1.29, 1.82) is 0 Å². The summed E-state index contributed by atoms with van der Waals surface area (Å²) >= 11 is 1.50. The molecule has 1 atom stereocenters.